The minimum Gasteiger partial charge on any atom is -0.350 e. The van der Waals surface area contributed by atoms with E-state index in [1.54, 1.807) is 0 Å². The summed E-state index contributed by atoms with van der Waals surface area (Å²) >= 11 is 0. The fraction of sp³-hybridized carbons (Fsp3) is 0.438. The molecule has 0 bridgehead atoms. The van der Waals surface area contributed by atoms with Crippen molar-refractivity contribution in [2.75, 3.05) is 0 Å². The van der Waals surface area contributed by atoms with Gasteiger partial charge in [-0.05, 0) is 13.0 Å². The van der Waals surface area contributed by atoms with Crippen LogP contribution in [0.2, 0.25) is 0 Å². The molecule has 3 heterocycles. The van der Waals surface area contributed by atoms with Gasteiger partial charge in [-0.3, -0.25) is 9.20 Å². The number of terminal acetylenes is 1. The molecule has 118 valence electrons. The van der Waals surface area contributed by atoms with Crippen molar-refractivity contribution < 1.29 is 4.79 Å². The van der Waals surface area contributed by atoms with Gasteiger partial charge in [0.25, 0.3) is 0 Å². The number of aryl methyl sites for hydroxylation is 1. The third-order valence-corrected chi connectivity index (χ3v) is 3.79. The second-order valence-electron chi connectivity index (χ2n) is 5.67. The molecule has 0 aliphatic carbocycles. The SMILES string of the molecule is C#CCCC1(CCC(=O)NCc2cn3ccc(C)nc3n2)N=N1. The van der Waals surface area contributed by atoms with Gasteiger partial charge in [0.15, 0.2) is 5.66 Å². The lowest BCUT2D eigenvalue weighted by Gasteiger charge is -2.08. The van der Waals surface area contributed by atoms with Crippen molar-refractivity contribution in [3.63, 3.8) is 0 Å². The summed E-state index contributed by atoms with van der Waals surface area (Å²) in [5, 5.41) is 10.9. The molecule has 7 heteroatoms. The Labute approximate surface area is 134 Å². The van der Waals surface area contributed by atoms with E-state index in [0.717, 1.165) is 11.4 Å². The van der Waals surface area contributed by atoms with Gasteiger partial charge in [-0.1, -0.05) is 0 Å². The number of carbonyl (C=O) groups is 1. The van der Waals surface area contributed by atoms with Crippen LogP contribution in [0.5, 0.6) is 0 Å². The lowest BCUT2D eigenvalue weighted by Crippen LogP contribution is -2.25. The minimum absolute atomic E-state index is 0.0384. The lowest BCUT2D eigenvalue weighted by molar-refractivity contribution is -0.121. The van der Waals surface area contributed by atoms with Gasteiger partial charge in [0.1, 0.15) is 0 Å². The standard InChI is InChI=1S/C16H18N6O/c1-3-4-7-16(20-21-16)8-5-14(23)17-10-13-11-22-9-6-12(2)18-15(22)19-13/h1,6,9,11H,4-5,7-8,10H2,2H3,(H,17,23). The molecule has 2 aromatic heterocycles. The molecule has 0 unspecified atom stereocenters. The van der Waals surface area contributed by atoms with Crippen molar-refractivity contribution in [3.8, 4) is 12.3 Å². The number of carbonyl (C=O) groups excluding carboxylic acids is 1. The van der Waals surface area contributed by atoms with Gasteiger partial charge in [-0.25, -0.2) is 9.97 Å². The lowest BCUT2D eigenvalue weighted by atomic mass is 10.0. The Bertz CT molecular complexity index is 794. The molecule has 0 saturated carbocycles. The van der Waals surface area contributed by atoms with Crippen molar-refractivity contribution in [1.82, 2.24) is 19.7 Å². The average Bonchev–Trinajstić information content (AvgIpc) is 3.20. The zero-order valence-corrected chi connectivity index (χ0v) is 13.0. The van der Waals surface area contributed by atoms with E-state index in [4.69, 9.17) is 6.42 Å². The molecule has 1 aliphatic heterocycles. The first-order valence-electron chi connectivity index (χ1n) is 7.56. The molecule has 1 amide bonds. The summed E-state index contributed by atoms with van der Waals surface area (Å²) in [6.45, 7) is 2.30. The van der Waals surface area contributed by atoms with E-state index in [1.807, 2.05) is 29.8 Å². The van der Waals surface area contributed by atoms with E-state index in [-0.39, 0.29) is 5.91 Å². The molecule has 0 radical (unpaired) electrons. The Hall–Kier alpha value is -2.75. The second kappa shape index (κ2) is 6.16. The van der Waals surface area contributed by atoms with E-state index in [9.17, 15) is 4.79 Å². The maximum absolute atomic E-state index is 11.9. The van der Waals surface area contributed by atoms with Gasteiger partial charge in [0.05, 0.1) is 12.2 Å². The number of nitrogens with zero attached hydrogens (tertiary/aromatic N) is 5. The maximum atomic E-state index is 11.9. The number of rotatable bonds is 7. The van der Waals surface area contributed by atoms with Crippen LogP contribution in [0.4, 0.5) is 0 Å². The number of imidazole rings is 1. The fourth-order valence-corrected chi connectivity index (χ4v) is 2.35. The van der Waals surface area contributed by atoms with Crippen LogP contribution in [0.15, 0.2) is 28.7 Å². The summed E-state index contributed by atoms with van der Waals surface area (Å²) in [5.74, 6) is 3.18. The Morgan fingerprint density at radius 2 is 2.22 bits per heavy atom. The molecule has 2 aromatic rings. The van der Waals surface area contributed by atoms with Crippen molar-refractivity contribution in [3.05, 3.63) is 29.8 Å². The first-order chi connectivity index (χ1) is 11.1. The molecule has 1 N–H and O–H groups in total. The normalized spacial score (nSPS) is 14.6. The summed E-state index contributed by atoms with van der Waals surface area (Å²) in [6, 6.07) is 1.91. The van der Waals surface area contributed by atoms with E-state index >= 15 is 0 Å². The van der Waals surface area contributed by atoms with E-state index in [0.29, 0.717) is 38.0 Å². The average molecular weight is 310 g/mol. The van der Waals surface area contributed by atoms with Gasteiger partial charge >= 0.3 is 0 Å². The molecule has 1 aliphatic rings. The third kappa shape index (κ3) is 3.72. The van der Waals surface area contributed by atoms with Crippen LogP contribution >= 0.6 is 0 Å². The zero-order valence-electron chi connectivity index (χ0n) is 13.0. The minimum atomic E-state index is -0.408. The highest BCUT2D eigenvalue weighted by atomic mass is 16.1. The number of hydrogen-bond acceptors (Lipinski definition) is 5. The highest BCUT2D eigenvalue weighted by Crippen LogP contribution is 2.37. The van der Waals surface area contributed by atoms with Crippen molar-refractivity contribution in [2.45, 2.75) is 44.8 Å². The first kappa shape index (κ1) is 15.2. The van der Waals surface area contributed by atoms with Crippen LogP contribution in [0.3, 0.4) is 0 Å². The van der Waals surface area contributed by atoms with E-state index < -0.39 is 5.66 Å². The van der Waals surface area contributed by atoms with Gasteiger partial charge < -0.3 is 5.32 Å². The van der Waals surface area contributed by atoms with Crippen LogP contribution in [0, 0.1) is 19.3 Å². The molecular formula is C16H18N6O. The van der Waals surface area contributed by atoms with Crippen LogP contribution in [-0.2, 0) is 11.3 Å². The molecule has 0 saturated heterocycles. The first-order valence-corrected chi connectivity index (χ1v) is 7.56. The fourth-order valence-electron chi connectivity index (χ4n) is 2.35. The number of aromatic nitrogens is 3. The van der Waals surface area contributed by atoms with Crippen LogP contribution < -0.4 is 5.32 Å². The molecule has 3 rings (SSSR count). The predicted molar refractivity (Wildman–Crippen MR) is 84.5 cm³/mol. The monoisotopic (exact) mass is 310 g/mol. The summed E-state index contributed by atoms with van der Waals surface area (Å²) in [7, 11) is 0. The topological polar surface area (TPSA) is 84.0 Å². The molecular weight excluding hydrogens is 292 g/mol. The third-order valence-electron chi connectivity index (χ3n) is 3.79. The molecule has 0 spiro atoms. The van der Waals surface area contributed by atoms with Crippen molar-refractivity contribution >= 4 is 11.7 Å². The molecule has 7 nitrogen and oxygen atoms in total. The van der Waals surface area contributed by atoms with E-state index in [2.05, 4.69) is 31.4 Å². The van der Waals surface area contributed by atoms with E-state index in [1.165, 1.54) is 0 Å². The molecule has 0 fully saturated rings. The van der Waals surface area contributed by atoms with Crippen LogP contribution in [0.25, 0.3) is 5.78 Å². The summed E-state index contributed by atoms with van der Waals surface area (Å²) < 4.78 is 1.84. The molecule has 0 aromatic carbocycles. The van der Waals surface area contributed by atoms with Gasteiger partial charge in [0, 0.05) is 43.8 Å². The summed E-state index contributed by atoms with van der Waals surface area (Å²) in [4.78, 5) is 20.7. The summed E-state index contributed by atoms with van der Waals surface area (Å²) in [5.41, 5.74) is 1.28. The van der Waals surface area contributed by atoms with Crippen LogP contribution in [-0.4, -0.2) is 25.9 Å². The maximum Gasteiger partial charge on any atom is 0.234 e. The number of amides is 1. The Morgan fingerprint density at radius 1 is 1.39 bits per heavy atom. The van der Waals surface area contributed by atoms with Crippen molar-refractivity contribution in [1.29, 1.82) is 0 Å². The number of fused-ring (bicyclic) bond motifs is 1. The van der Waals surface area contributed by atoms with Crippen LogP contribution in [0.1, 0.15) is 37.1 Å². The highest BCUT2D eigenvalue weighted by Gasteiger charge is 2.39. The Balaban J connectivity index is 1.47. The second-order valence-corrected chi connectivity index (χ2v) is 5.67. The smallest absolute Gasteiger partial charge is 0.234 e. The zero-order chi connectivity index (χ0) is 16.3. The van der Waals surface area contributed by atoms with Gasteiger partial charge in [-0.2, -0.15) is 10.2 Å². The van der Waals surface area contributed by atoms with Gasteiger partial charge in [-0.15, -0.1) is 12.3 Å². The number of nitrogens with one attached hydrogen (secondary N) is 1. The highest BCUT2D eigenvalue weighted by molar-refractivity contribution is 5.75. The molecule has 23 heavy (non-hydrogen) atoms. The largest absolute Gasteiger partial charge is 0.350 e. The number of hydrogen-bond donors (Lipinski definition) is 1. The van der Waals surface area contributed by atoms with Crippen molar-refractivity contribution in [2.24, 2.45) is 10.2 Å². The quantitative estimate of drug-likeness (QED) is 0.794. The Kier molecular flexibility index (Phi) is 4.06. The Morgan fingerprint density at radius 3 is 2.96 bits per heavy atom. The van der Waals surface area contributed by atoms with Gasteiger partial charge in [0.2, 0.25) is 11.7 Å². The summed E-state index contributed by atoms with van der Waals surface area (Å²) in [6.07, 6.45) is 11.3. The predicted octanol–water partition coefficient (Wildman–Crippen LogP) is 2.01. The molecule has 0 atom stereocenters.